The first-order valence-corrected chi connectivity index (χ1v) is 11.4. The third kappa shape index (κ3) is 3.32. The number of benzene rings is 1. The van der Waals surface area contributed by atoms with Gasteiger partial charge in [-0.2, -0.15) is 0 Å². The van der Waals surface area contributed by atoms with Crippen LogP contribution in [0, 0.1) is 0 Å². The van der Waals surface area contributed by atoms with Gasteiger partial charge in [-0.05, 0) is 42.7 Å². The predicted molar refractivity (Wildman–Crippen MR) is 115 cm³/mol. The molecule has 0 aliphatic heterocycles. The van der Waals surface area contributed by atoms with E-state index in [4.69, 9.17) is 4.98 Å². The third-order valence-electron chi connectivity index (χ3n) is 5.43. The van der Waals surface area contributed by atoms with Crippen LogP contribution in [0.25, 0.3) is 10.2 Å². The van der Waals surface area contributed by atoms with Gasteiger partial charge in [0.15, 0.2) is 5.82 Å². The molecule has 0 bridgehead atoms. The Kier molecular flexibility index (Phi) is 4.84. The Balaban J connectivity index is 1.45. The van der Waals surface area contributed by atoms with Crippen molar-refractivity contribution in [1.82, 2.24) is 9.97 Å². The predicted octanol–water partition coefficient (Wildman–Crippen LogP) is 3.78. The third-order valence-corrected chi connectivity index (χ3v) is 7.57. The standard InChI is InChI=1S/C22H21N3OS2/c26-21-19-15-9-4-5-10-16(15)28-22(19)25-18(24-21)13-23-20(17-11-6-12-27-17)14-7-2-1-3-8-14/h1-3,6-8,11-12,20,23H,4-5,9-10,13H2,(H,24,25,26)/p+1/t20-/m1/s1. The second kappa shape index (κ2) is 7.62. The molecule has 6 heteroatoms. The van der Waals surface area contributed by atoms with Gasteiger partial charge in [-0.1, -0.05) is 36.4 Å². The Morgan fingerprint density at radius 2 is 1.96 bits per heavy atom. The fourth-order valence-corrected chi connectivity index (χ4v) is 6.21. The van der Waals surface area contributed by atoms with Gasteiger partial charge < -0.3 is 10.3 Å². The molecule has 4 aromatic rings. The average molecular weight is 409 g/mol. The van der Waals surface area contributed by atoms with Crippen LogP contribution in [0.4, 0.5) is 0 Å². The second-order valence-electron chi connectivity index (χ2n) is 7.25. The summed E-state index contributed by atoms with van der Waals surface area (Å²) in [5.41, 5.74) is 2.54. The zero-order chi connectivity index (χ0) is 18.9. The zero-order valence-electron chi connectivity index (χ0n) is 15.5. The Bertz CT molecular complexity index is 1150. The van der Waals surface area contributed by atoms with Crippen LogP contribution in [0.2, 0.25) is 0 Å². The lowest BCUT2D eigenvalue weighted by molar-refractivity contribution is -0.702. The summed E-state index contributed by atoms with van der Waals surface area (Å²) < 4.78 is 0. The Morgan fingerprint density at radius 1 is 1.11 bits per heavy atom. The summed E-state index contributed by atoms with van der Waals surface area (Å²) in [5.74, 6) is 0.758. The summed E-state index contributed by atoms with van der Waals surface area (Å²) in [4.78, 5) is 24.2. The highest BCUT2D eigenvalue weighted by Crippen LogP contribution is 2.33. The van der Waals surface area contributed by atoms with E-state index in [-0.39, 0.29) is 11.6 Å². The van der Waals surface area contributed by atoms with Crippen LogP contribution in [0.5, 0.6) is 0 Å². The summed E-state index contributed by atoms with van der Waals surface area (Å²) in [5, 5.41) is 5.21. The topological polar surface area (TPSA) is 62.4 Å². The van der Waals surface area contributed by atoms with E-state index in [0.29, 0.717) is 6.54 Å². The van der Waals surface area contributed by atoms with E-state index in [1.165, 1.54) is 33.7 Å². The molecule has 28 heavy (non-hydrogen) atoms. The number of nitrogens with two attached hydrogens (primary N) is 1. The highest BCUT2D eigenvalue weighted by Gasteiger charge is 2.22. The maximum atomic E-state index is 12.8. The van der Waals surface area contributed by atoms with E-state index in [9.17, 15) is 4.79 Å². The van der Waals surface area contributed by atoms with Gasteiger partial charge in [0.25, 0.3) is 5.56 Å². The zero-order valence-corrected chi connectivity index (χ0v) is 17.1. The van der Waals surface area contributed by atoms with E-state index in [0.717, 1.165) is 28.9 Å². The lowest BCUT2D eigenvalue weighted by Gasteiger charge is -2.14. The monoisotopic (exact) mass is 408 g/mol. The first-order valence-electron chi connectivity index (χ1n) is 9.75. The summed E-state index contributed by atoms with van der Waals surface area (Å²) in [6, 6.07) is 15.0. The summed E-state index contributed by atoms with van der Waals surface area (Å²) in [6.07, 6.45) is 4.50. The van der Waals surface area contributed by atoms with Gasteiger partial charge in [-0.15, -0.1) is 22.7 Å². The number of nitrogens with one attached hydrogen (secondary N) is 1. The molecule has 0 unspecified atom stereocenters. The number of hydrogen-bond acceptors (Lipinski definition) is 4. The highest BCUT2D eigenvalue weighted by molar-refractivity contribution is 7.18. The van der Waals surface area contributed by atoms with Crippen molar-refractivity contribution in [2.75, 3.05) is 0 Å². The molecular weight excluding hydrogens is 386 g/mol. The summed E-state index contributed by atoms with van der Waals surface area (Å²) in [6.45, 7) is 0.644. The van der Waals surface area contributed by atoms with Crippen molar-refractivity contribution in [1.29, 1.82) is 0 Å². The largest absolute Gasteiger partial charge is 0.329 e. The molecule has 0 amide bonds. The van der Waals surface area contributed by atoms with Crippen LogP contribution in [-0.2, 0) is 19.4 Å². The quantitative estimate of drug-likeness (QED) is 0.528. The molecule has 5 rings (SSSR count). The van der Waals surface area contributed by atoms with Gasteiger partial charge in [-0.3, -0.25) is 4.79 Å². The molecule has 0 spiro atoms. The molecule has 4 nitrogen and oxygen atoms in total. The first kappa shape index (κ1) is 17.8. The van der Waals surface area contributed by atoms with Crippen LogP contribution in [0.1, 0.15) is 45.6 Å². The molecule has 3 aromatic heterocycles. The van der Waals surface area contributed by atoms with Gasteiger partial charge in [-0.25, -0.2) is 4.98 Å². The van der Waals surface area contributed by atoms with E-state index >= 15 is 0 Å². The highest BCUT2D eigenvalue weighted by atomic mass is 32.1. The minimum absolute atomic E-state index is 0.0279. The van der Waals surface area contributed by atoms with Crippen molar-refractivity contribution in [3.05, 3.63) is 84.9 Å². The summed E-state index contributed by atoms with van der Waals surface area (Å²) >= 11 is 3.48. The molecule has 1 aromatic carbocycles. The van der Waals surface area contributed by atoms with E-state index in [1.807, 2.05) is 6.07 Å². The molecule has 1 aliphatic rings. The van der Waals surface area contributed by atoms with Crippen molar-refractivity contribution in [3.63, 3.8) is 0 Å². The van der Waals surface area contributed by atoms with Crippen LogP contribution in [-0.4, -0.2) is 9.97 Å². The molecule has 3 N–H and O–H groups in total. The number of aryl methyl sites for hydroxylation is 2. The Labute approximate surface area is 171 Å². The minimum atomic E-state index is 0.0279. The van der Waals surface area contributed by atoms with Gasteiger partial charge in [0, 0.05) is 10.4 Å². The second-order valence-corrected chi connectivity index (χ2v) is 9.31. The van der Waals surface area contributed by atoms with E-state index < -0.39 is 0 Å². The molecular formula is C22H22N3OS2+. The van der Waals surface area contributed by atoms with Crippen LogP contribution < -0.4 is 10.9 Å². The molecule has 3 heterocycles. The average Bonchev–Trinajstić information content (AvgIpc) is 3.37. The number of aromatic nitrogens is 2. The lowest BCUT2D eigenvalue weighted by Crippen LogP contribution is -2.84. The maximum Gasteiger partial charge on any atom is 0.260 e. The molecule has 0 saturated carbocycles. The number of hydrogen-bond donors (Lipinski definition) is 2. The van der Waals surface area contributed by atoms with E-state index in [2.05, 4.69) is 52.1 Å². The molecule has 1 atom stereocenters. The van der Waals surface area contributed by atoms with Gasteiger partial charge >= 0.3 is 0 Å². The molecule has 0 saturated heterocycles. The molecule has 0 radical (unpaired) electrons. The number of rotatable bonds is 5. The maximum absolute atomic E-state index is 12.8. The number of nitrogens with zero attached hydrogens (tertiary/aromatic N) is 1. The SMILES string of the molecule is O=c1[nH]c(C[NH2+][C@H](c2ccccc2)c2cccs2)nc2sc3c(c12)CCCC3. The summed E-state index contributed by atoms with van der Waals surface area (Å²) in [7, 11) is 0. The van der Waals surface area contributed by atoms with Crippen molar-refractivity contribution in [2.45, 2.75) is 38.3 Å². The fraction of sp³-hybridized carbons (Fsp3) is 0.273. The van der Waals surface area contributed by atoms with Crippen molar-refractivity contribution in [3.8, 4) is 0 Å². The number of thiophene rings is 2. The van der Waals surface area contributed by atoms with Gasteiger partial charge in [0.1, 0.15) is 17.4 Å². The smallest absolute Gasteiger partial charge is 0.260 e. The number of H-pyrrole nitrogens is 1. The Hall–Kier alpha value is -2.28. The normalized spacial score (nSPS) is 14.9. The van der Waals surface area contributed by atoms with E-state index in [1.54, 1.807) is 22.7 Å². The van der Waals surface area contributed by atoms with Crippen LogP contribution >= 0.6 is 22.7 Å². The number of aromatic amines is 1. The first-order chi connectivity index (χ1) is 13.8. The number of fused-ring (bicyclic) bond motifs is 3. The Morgan fingerprint density at radius 3 is 2.79 bits per heavy atom. The van der Waals surface area contributed by atoms with Crippen molar-refractivity contribution in [2.24, 2.45) is 0 Å². The van der Waals surface area contributed by atoms with Gasteiger partial charge in [0.2, 0.25) is 0 Å². The molecule has 142 valence electrons. The minimum Gasteiger partial charge on any atom is -0.329 e. The fourth-order valence-electron chi connectivity index (χ4n) is 4.08. The van der Waals surface area contributed by atoms with Crippen LogP contribution in [0.15, 0.2) is 52.6 Å². The number of quaternary nitrogens is 1. The van der Waals surface area contributed by atoms with Crippen molar-refractivity contribution >= 4 is 32.9 Å². The lowest BCUT2D eigenvalue weighted by atomic mass is 9.97. The van der Waals surface area contributed by atoms with Crippen LogP contribution in [0.3, 0.4) is 0 Å². The molecule has 1 aliphatic carbocycles. The van der Waals surface area contributed by atoms with Gasteiger partial charge in [0.05, 0.1) is 10.3 Å². The van der Waals surface area contributed by atoms with Crippen molar-refractivity contribution < 1.29 is 5.32 Å². The molecule has 0 fully saturated rings.